The lowest BCUT2D eigenvalue weighted by Crippen LogP contribution is -2.03. The van der Waals surface area contributed by atoms with E-state index in [4.69, 9.17) is 4.52 Å². The molecule has 1 saturated carbocycles. The second-order valence-electron chi connectivity index (χ2n) is 6.94. The van der Waals surface area contributed by atoms with E-state index in [1.807, 2.05) is 6.08 Å². The third kappa shape index (κ3) is 4.16. The summed E-state index contributed by atoms with van der Waals surface area (Å²) < 4.78 is 21.2. The molecule has 1 fully saturated rings. The quantitative estimate of drug-likeness (QED) is 0.298. The van der Waals surface area contributed by atoms with Crippen molar-refractivity contribution in [1.29, 1.82) is 0 Å². The van der Waals surface area contributed by atoms with Crippen LogP contribution in [0.25, 0.3) is 11.4 Å². The lowest BCUT2D eigenvalue weighted by Gasteiger charge is -2.06. The van der Waals surface area contributed by atoms with Gasteiger partial charge in [0.15, 0.2) is 5.16 Å². The van der Waals surface area contributed by atoms with Crippen LogP contribution in [0.2, 0.25) is 0 Å². The third-order valence-corrected chi connectivity index (χ3v) is 5.72. The highest BCUT2D eigenvalue weighted by atomic mass is 32.2. The fourth-order valence-electron chi connectivity index (χ4n) is 2.94. The van der Waals surface area contributed by atoms with Gasteiger partial charge in [0.25, 0.3) is 0 Å². The van der Waals surface area contributed by atoms with Gasteiger partial charge >= 0.3 is 0 Å². The van der Waals surface area contributed by atoms with Crippen molar-refractivity contribution in [2.45, 2.75) is 50.2 Å². The van der Waals surface area contributed by atoms with Crippen LogP contribution < -0.4 is 0 Å². The molecule has 0 N–H and O–H groups in total. The average molecular weight is 399 g/mol. The first-order valence-electron chi connectivity index (χ1n) is 9.41. The Morgan fingerprint density at radius 2 is 2.21 bits per heavy atom. The Labute approximate surface area is 167 Å². The van der Waals surface area contributed by atoms with Crippen molar-refractivity contribution in [2.24, 2.45) is 0 Å². The van der Waals surface area contributed by atoms with Gasteiger partial charge in [0.1, 0.15) is 11.6 Å². The minimum Gasteiger partial charge on any atom is -0.339 e. The van der Waals surface area contributed by atoms with Gasteiger partial charge in [-0.15, -0.1) is 16.8 Å². The second kappa shape index (κ2) is 8.26. The standard InChI is InChI=1S/C20H22FN5OS/c1-3-10-26-19(14-8-9-14)23-24-20(26)28-11-4-5-17-22-18(25-27-17)15-7-6-13(2)16(21)12-15/h3,6-7,12,14H,1,4-5,8-11H2,2H3. The molecule has 0 atom stereocenters. The number of hydrogen-bond acceptors (Lipinski definition) is 6. The van der Waals surface area contributed by atoms with Gasteiger partial charge in [-0.3, -0.25) is 0 Å². The number of thioether (sulfide) groups is 1. The van der Waals surface area contributed by atoms with Crippen LogP contribution in [0.3, 0.4) is 0 Å². The zero-order chi connectivity index (χ0) is 19.5. The first-order valence-corrected chi connectivity index (χ1v) is 10.4. The Morgan fingerprint density at radius 1 is 1.36 bits per heavy atom. The van der Waals surface area contributed by atoms with Crippen molar-refractivity contribution < 1.29 is 8.91 Å². The van der Waals surface area contributed by atoms with Gasteiger partial charge < -0.3 is 9.09 Å². The summed E-state index contributed by atoms with van der Waals surface area (Å²) in [7, 11) is 0. The predicted molar refractivity (Wildman–Crippen MR) is 106 cm³/mol. The number of aryl methyl sites for hydroxylation is 2. The maximum absolute atomic E-state index is 13.7. The molecule has 2 aromatic heterocycles. The van der Waals surface area contributed by atoms with E-state index in [9.17, 15) is 4.39 Å². The second-order valence-corrected chi connectivity index (χ2v) is 8.00. The van der Waals surface area contributed by atoms with Crippen molar-refractivity contribution >= 4 is 11.8 Å². The highest BCUT2D eigenvalue weighted by Crippen LogP contribution is 2.40. The molecular formula is C20H22FN5OS. The Bertz CT molecular complexity index is 979. The Hall–Kier alpha value is -2.48. The molecule has 6 nitrogen and oxygen atoms in total. The largest absolute Gasteiger partial charge is 0.339 e. The maximum atomic E-state index is 13.7. The van der Waals surface area contributed by atoms with Gasteiger partial charge in [-0.25, -0.2) is 4.39 Å². The monoisotopic (exact) mass is 399 g/mol. The van der Waals surface area contributed by atoms with Crippen LogP contribution in [0.15, 0.2) is 40.5 Å². The number of allylic oxidation sites excluding steroid dienone is 1. The first-order chi connectivity index (χ1) is 13.7. The number of hydrogen-bond donors (Lipinski definition) is 0. The smallest absolute Gasteiger partial charge is 0.226 e. The van der Waals surface area contributed by atoms with Crippen LogP contribution in [0.5, 0.6) is 0 Å². The van der Waals surface area contributed by atoms with E-state index in [2.05, 4.69) is 31.5 Å². The number of nitrogens with zero attached hydrogens (tertiary/aromatic N) is 5. The lowest BCUT2D eigenvalue weighted by molar-refractivity contribution is 0.378. The highest BCUT2D eigenvalue weighted by Gasteiger charge is 2.30. The SMILES string of the molecule is C=CCn1c(SCCCc2nc(-c3ccc(C)c(F)c3)no2)nnc1C1CC1. The molecule has 0 amide bonds. The van der Waals surface area contributed by atoms with Crippen molar-refractivity contribution in [3.8, 4) is 11.4 Å². The normalized spacial score (nSPS) is 13.8. The zero-order valence-corrected chi connectivity index (χ0v) is 16.6. The molecule has 2 heterocycles. The molecule has 146 valence electrons. The molecular weight excluding hydrogens is 377 g/mol. The van der Waals surface area contributed by atoms with Crippen molar-refractivity contribution in [1.82, 2.24) is 24.9 Å². The molecule has 0 aliphatic heterocycles. The molecule has 8 heteroatoms. The van der Waals surface area contributed by atoms with E-state index in [1.165, 1.54) is 18.9 Å². The molecule has 0 unspecified atom stereocenters. The first kappa shape index (κ1) is 18.9. The number of aromatic nitrogens is 5. The van der Waals surface area contributed by atoms with E-state index in [0.29, 0.717) is 35.2 Å². The number of benzene rings is 1. The van der Waals surface area contributed by atoms with Gasteiger partial charge in [0.05, 0.1) is 0 Å². The molecule has 0 saturated heterocycles. The van der Waals surface area contributed by atoms with E-state index in [1.54, 1.807) is 30.8 Å². The van der Waals surface area contributed by atoms with Gasteiger partial charge in [-0.05, 0) is 37.8 Å². The van der Waals surface area contributed by atoms with Crippen LogP contribution in [0.4, 0.5) is 4.39 Å². The molecule has 3 aromatic rings. The average Bonchev–Trinajstić information content (AvgIpc) is 3.29. The minimum atomic E-state index is -0.269. The van der Waals surface area contributed by atoms with E-state index in [0.717, 1.165) is 29.7 Å². The summed E-state index contributed by atoms with van der Waals surface area (Å²) in [5.41, 5.74) is 1.22. The lowest BCUT2D eigenvalue weighted by atomic mass is 10.1. The van der Waals surface area contributed by atoms with Crippen LogP contribution in [0.1, 0.15) is 42.5 Å². The Balaban J connectivity index is 1.32. The summed E-state index contributed by atoms with van der Waals surface area (Å²) in [5, 5.41) is 13.6. The fraction of sp³-hybridized carbons (Fsp3) is 0.400. The summed E-state index contributed by atoms with van der Waals surface area (Å²) in [6.07, 6.45) is 5.81. The summed E-state index contributed by atoms with van der Waals surface area (Å²) in [4.78, 5) is 4.38. The summed E-state index contributed by atoms with van der Waals surface area (Å²) >= 11 is 1.68. The van der Waals surface area contributed by atoms with Gasteiger partial charge in [-0.1, -0.05) is 35.1 Å². The molecule has 1 aliphatic carbocycles. The molecule has 1 aliphatic rings. The molecule has 4 rings (SSSR count). The summed E-state index contributed by atoms with van der Waals surface area (Å²) in [6.45, 7) is 6.30. The van der Waals surface area contributed by atoms with Crippen LogP contribution in [-0.2, 0) is 13.0 Å². The molecule has 0 bridgehead atoms. The van der Waals surface area contributed by atoms with E-state index in [-0.39, 0.29) is 5.82 Å². The maximum Gasteiger partial charge on any atom is 0.226 e. The van der Waals surface area contributed by atoms with Gasteiger partial charge in [0, 0.05) is 30.2 Å². The Morgan fingerprint density at radius 3 is 2.96 bits per heavy atom. The number of halogens is 1. The van der Waals surface area contributed by atoms with E-state index >= 15 is 0 Å². The molecule has 1 aromatic carbocycles. The Kier molecular flexibility index (Phi) is 5.57. The van der Waals surface area contributed by atoms with Crippen molar-refractivity contribution in [3.63, 3.8) is 0 Å². The van der Waals surface area contributed by atoms with Crippen LogP contribution in [-0.4, -0.2) is 30.7 Å². The van der Waals surface area contributed by atoms with Gasteiger partial charge in [-0.2, -0.15) is 4.98 Å². The van der Waals surface area contributed by atoms with E-state index < -0.39 is 0 Å². The molecule has 0 radical (unpaired) electrons. The topological polar surface area (TPSA) is 69.6 Å². The minimum absolute atomic E-state index is 0.269. The van der Waals surface area contributed by atoms with Crippen molar-refractivity contribution in [3.05, 3.63) is 53.9 Å². The zero-order valence-electron chi connectivity index (χ0n) is 15.8. The predicted octanol–water partition coefficient (Wildman–Crippen LogP) is 4.56. The summed E-state index contributed by atoms with van der Waals surface area (Å²) in [6, 6.07) is 4.95. The number of rotatable bonds is 9. The third-order valence-electron chi connectivity index (χ3n) is 4.66. The fourth-order valence-corrected chi connectivity index (χ4v) is 3.84. The highest BCUT2D eigenvalue weighted by molar-refractivity contribution is 7.99. The van der Waals surface area contributed by atoms with Crippen molar-refractivity contribution in [2.75, 3.05) is 5.75 Å². The van der Waals surface area contributed by atoms with Crippen LogP contribution >= 0.6 is 11.8 Å². The molecule has 0 spiro atoms. The van der Waals surface area contributed by atoms with Crippen LogP contribution in [0, 0.1) is 12.7 Å². The summed E-state index contributed by atoms with van der Waals surface area (Å²) in [5.74, 6) is 3.22. The molecule has 28 heavy (non-hydrogen) atoms. The van der Waals surface area contributed by atoms with Gasteiger partial charge in [0.2, 0.25) is 11.7 Å².